The Hall–Kier alpha value is -3.44. The Labute approximate surface area is 213 Å². The van der Waals surface area contributed by atoms with Gasteiger partial charge in [-0.1, -0.05) is 91.0 Å². The number of piperidine rings is 2. The van der Waals surface area contributed by atoms with Crippen LogP contribution in [-0.2, 0) is 27.5 Å². The molecule has 2 unspecified atom stereocenters. The molecule has 186 valence electrons. The third-order valence-corrected chi connectivity index (χ3v) is 7.44. The predicted molar refractivity (Wildman–Crippen MR) is 140 cm³/mol. The second-order valence-electron chi connectivity index (χ2n) is 9.83. The Morgan fingerprint density at radius 3 is 2.00 bits per heavy atom. The third kappa shape index (κ3) is 5.68. The number of benzene rings is 3. The summed E-state index contributed by atoms with van der Waals surface area (Å²) in [5.41, 5.74) is 3.28. The van der Waals surface area contributed by atoms with Gasteiger partial charge in [-0.05, 0) is 36.0 Å². The topological polar surface area (TPSA) is 49.9 Å². The molecule has 2 aliphatic rings. The highest BCUT2D eigenvalue weighted by atomic mass is 16.5. The first-order chi connectivity index (χ1) is 17.7. The van der Waals surface area contributed by atoms with Crippen LogP contribution in [0.2, 0.25) is 0 Å². The van der Waals surface area contributed by atoms with Crippen LogP contribution in [0.5, 0.6) is 0 Å². The van der Waals surface area contributed by atoms with Gasteiger partial charge in [-0.2, -0.15) is 0 Å². The Morgan fingerprint density at radius 2 is 1.36 bits per heavy atom. The van der Waals surface area contributed by atoms with Crippen molar-refractivity contribution in [3.8, 4) is 0 Å². The average Bonchev–Trinajstić information content (AvgIpc) is 2.94. The number of hydrogen-bond donors (Lipinski definition) is 0. The molecule has 0 radical (unpaired) electrons. The van der Waals surface area contributed by atoms with Crippen molar-refractivity contribution >= 4 is 11.8 Å². The lowest BCUT2D eigenvalue weighted by Gasteiger charge is -2.43. The van der Waals surface area contributed by atoms with E-state index in [0.29, 0.717) is 39.1 Å². The number of hydrogen-bond acceptors (Lipinski definition) is 3. The maximum absolute atomic E-state index is 13.9. The highest BCUT2D eigenvalue weighted by Gasteiger charge is 2.42. The molecule has 0 aliphatic carbocycles. The molecule has 2 heterocycles. The van der Waals surface area contributed by atoms with E-state index in [1.54, 1.807) is 0 Å². The zero-order chi connectivity index (χ0) is 24.7. The molecule has 2 atom stereocenters. The van der Waals surface area contributed by atoms with Crippen LogP contribution in [-0.4, -0.2) is 40.8 Å². The smallest absolute Gasteiger partial charge is 0.228 e. The molecule has 2 amide bonds. The van der Waals surface area contributed by atoms with Crippen molar-refractivity contribution in [2.24, 2.45) is 5.92 Å². The van der Waals surface area contributed by atoms with Gasteiger partial charge >= 0.3 is 0 Å². The van der Waals surface area contributed by atoms with Crippen LogP contribution in [0, 0.1) is 5.92 Å². The second-order valence-corrected chi connectivity index (χ2v) is 9.83. The molecule has 3 aromatic carbocycles. The molecule has 3 aromatic rings. The molecule has 5 nitrogen and oxygen atoms in total. The molecule has 0 N–H and O–H groups in total. The van der Waals surface area contributed by atoms with Crippen LogP contribution in [0.3, 0.4) is 0 Å². The molecular weight excluding hydrogens is 448 g/mol. The molecule has 2 fully saturated rings. The van der Waals surface area contributed by atoms with Crippen molar-refractivity contribution in [2.75, 3.05) is 13.1 Å². The number of ether oxygens (including phenoxy) is 1. The van der Waals surface area contributed by atoms with Gasteiger partial charge in [-0.15, -0.1) is 0 Å². The minimum atomic E-state index is -0.257. The van der Waals surface area contributed by atoms with Crippen LogP contribution >= 0.6 is 0 Å². The van der Waals surface area contributed by atoms with Gasteiger partial charge < -0.3 is 14.5 Å². The molecule has 2 saturated heterocycles. The summed E-state index contributed by atoms with van der Waals surface area (Å²) in [5.74, 6) is 0.0382. The van der Waals surface area contributed by atoms with Crippen molar-refractivity contribution in [2.45, 2.75) is 51.0 Å². The first-order valence-corrected chi connectivity index (χ1v) is 13.0. The summed E-state index contributed by atoms with van der Waals surface area (Å²) in [5, 5.41) is 0. The number of amides is 2. The zero-order valence-electron chi connectivity index (χ0n) is 20.7. The van der Waals surface area contributed by atoms with Gasteiger partial charge in [-0.25, -0.2) is 0 Å². The van der Waals surface area contributed by atoms with E-state index in [1.165, 1.54) is 5.56 Å². The van der Waals surface area contributed by atoms with Crippen molar-refractivity contribution < 1.29 is 14.3 Å². The molecule has 5 rings (SSSR count). The normalized spacial score (nSPS) is 20.9. The van der Waals surface area contributed by atoms with Crippen LogP contribution in [0.15, 0.2) is 91.0 Å². The summed E-state index contributed by atoms with van der Waals surface area (Å²) >= 11 is 0. The first-order valence-electron chi connectivity index (χ1n) is 13.0. The molecule has 0 saturated carbocycles. The van der Waals surface area contributed by atoms with Crippen LogP contribution in [0.25, 0.3) is 0 Å². The van der Waals surface area contributed by atoms with Gasteiger partial charge in [0.05, 0.1) is 24.7 Å². The fraction of sp³-hybridized carbons (Fsp3) is 0.355. The van der Waals surface area contributed by atoms with E-state index >= 15 is 0 Å². The highest BCUT2D eigenvalue weighted by Crippen LogP contribution is 2.39. The van der Waals surface area contributed by atoms with Crippen LogP contribution in [0.1, 0.15) is 48.4 Å². The summed E-state index contributed by atoms with van der Waals surface area (Å²) in [6.45, 7) is 2.51. The number of carbonyl (C=O) groups is 2. The van der Waals surface area contributed by atoms with E-state index < -0.39 is 0 Å². The van der Waals surface area contributed by atoms with E-state index in [1.807, 2.05) is 88.7 Å². The summed E-state index contributed by atoms with van der Waals surface area (Å²) in [7, 11) is 0. The van der Waals surface area contributed by atoms with E-state index in [2.05, 4.69) is 12.1 Å². The lowest BCUT2D eigenvalue weighted by Crippen LogP contribution is -2.50. The molecule has 0 bridgehead atoms. The quantitative estimate of drug-likeness (QED) is 0.455. The fourth-order valence-corrected chi connectivity index (χ4v) is 5.51. The molecule has 0 spiro atoms. The Bertz CT molecular complexity index is 1130. The lowest BCUT2D eigenvalue weighted by atomic mass is 9.82. The maximum Gasteiger partial charge on any atom is 0.228 e. The molecule has 36 heavy (non-hydrogen) atoms. The lowest BCUT2D eigenvalue weighted by molar-refractivity contribution is -0.150. The minimum Gasteiger partial charge on any atom is -0.373 e. The van der Waals surface area contributed by atoms with E-state index in [-0.39, 0.29) is 29.9 Å². The van der Waals surface area contributed by atoms with Crippen molar-refractivity contribution in [1.82, 2.24) is 9.80 Å². The van der Waals surface area contributed by atoms with Crippen LogP contribution in [0.4, 0.5) is 0 Å². The fourth-order valence-electron chi connectivity index (χ4n) is 5.51. The van der Waals surface area contributed by atoms with Gasteiger partial charge in [0.1, 0.15) is 0 Å². The van der Waals surface area contributed by atoms with Crippen molar-refractivity contribution in [3.05, 3.63) is 108 Å². The third-order valence-electron chi connectivity index (χ3n) is 7.44. The second kappa shape index (κ2) is 11.5. The van der Waals surface area contributed by atoms with E-state index in [4.69, 9.17) is 4.74 Å². The summed E-state index contributed by atoms with van der Waals surface area (Å²) in [6.07, 6.45) is 2.85. The number of carbonyl (C=O) groups excluding carboxylic acids is 2. The molecular formula is C31H34N2O3. The highest BCUT2D eigenvalue weighted by molar-refractivity contribution is 5.85. The summed E-state index contributed by atoms with van der Waals surface area (Å²) in [4.78, 5) is 30.9. The van der Waals surface area contributed by atoms with E-state index in [0.717, 1.165) is 24.0 Å². The maximum atomic E-state index is 13.9. The van der Waals surface area contributed by atoms with Crippen molar-refractivity contribution in [1.29, 1.82) is 0 Å². The molecule has 5 heteroatoms. The average molecular weight is 483 g/mol. The summed E-state index contributed by atoms with van der Waals surface area (Å²) in [6, 6.07) is 30.1. The monoisotopic (exact) mass is 482 g/mol. The van der Waals surface area contributed by atoms with Gasteiger partial charge in [0, 0.05) is 26.1 Å². The number of nitrogens with zero attached hydrogens (tertiary/aromatic N) is 2. The van der Waals surface area contributed by atoms with Gasteiger partial charge in [0.25, 0.3) is 0 Å². The number of rotatable bonds is 7. The molecule has 2 aliphatic heterocycles. The molecule has 0 aromatic heterocycles. The Balaban J connectivity index is 1.28. The summed E-state index contributed by atoms with van der Waals surface area (Å²) < 4.78 is 6.14. The largest absolute Gasteiger partial charge is 0.373 e. The predicted octanol–water partition coefficient (Wildman–Crippen LogP) is 5.37. The Kier molecular flexibility index (Phi) is 7.77. The van der Waals surface area contributed by atoms with Gasteiger partial charge in [-0.3, -0.25) is 9.59 Å². The first kappa shape index (κ1) is 24.3. The van der Waals surface area contributed by atoms with E-state index in [9.17, 15) is 9.59 Å². The SMILES string of the molecule is O=C(C1CCC(=O)N(Cc2ccccc2)C1c1ccccc1)N1CCC(OCc2ccccc2)CC1. The van der Waals surface area contributed by atoms with Crippen molar-refractivity contribution in [3.63, 3.8) is 0 Å². The minimum absolute atomic E-state index is 0.116. The van der Waals surface area contributed by atoms with Gasteiger partial charge in [0.2, 0.25) is 11.8 Å². The standard InChI is InChI=1S/C31H34N2O3/c34-29-17-16-28(30(26-14-8-3-9-15-26)33(29)22-24-10-4-1-5-11-24)31(35)32-20-18-27(19-21-32)36-23-25-12-6-2-7-13-25/h1-15,27-28,30H,16-23H2. The Morgan fingerprint density at radius 1 is 0.778 bits per heavy atom. The van der Waals surface area contributed by atoms with Gasteiger partial charge in [0.15, 0.2) is 0 Å². The zero-order valence-corrected chi connectivity index (χ0v) is 20.7. The number of likely N-dealkylation sites (tertiary alicyclic amines) is 2. The van der Waals surface area contributed by atoms with Crippen LogP contribution < -0.4 is 0 Å².